The summed E-state index contributed by atoms with van der Waals surface area (Å²) in [5, 5.41) is 0. The zero-order valence-electron chi connectivity index (χ0n) is 50.2. The Morgan fingerprint density at radius 1 is 0.618 bits per heavy atom. The van der Waals surface area contributed by atoms with Gasteiger partial charge in [0, 0.05) is 12.8 Å². The van der Waals surface area contributed by atoms with Crippen LogP contribution in [0.5, 0.6) is 0 Å². The van der Waals surface area contributed by atoms with Crippen molar-refractivity contribution in [1.29, 1.82) is 0 Å². The van der Waals surface area contributed by atoms with Crippen LogP contribution in [-0.4, -0.2) is 82.6 Å². The number of hydrogen-bond acceptors (Lipinski definition) is 10. The third-order valence-corrected chi connectivity index (χ3v) is 24.1. The van der Waals surface area contributed by atoms with E-state index in [-0.39, 0.29) is 29.6 Å². The molecule has 0 aliphatic heterocycles. The van der Waals surface area contributed by atoms with Crippen LogP contribution in [0, 0.1) is 92.7 Å². The van der Waals surface area contributed by atoms with Gasteiger partial charge in [0.05, 0.1) is 27.7 Å². The molecule has 12 heteroatoms. The number of likely N-dealkylation sites (N-methyl/N-ethyl adjacent to an activating group) is 1. The van der Waals surface area contributed by atoms with Crippen molar-refractivity contribution in [3.05, 3.63) is 23.3 Å². The maximum atomic E-state index is 13.7. The Morgan fingerprint density at radius 3 is 1.55 bits per heavy atom. The summed E-state index contributed by atoms with van der Waals surface area (Å²) in [5.74, 6) is 8.97. The van der Waals surface area contributed by atoms with E-state index in [1.807, 2.05) is 21.1 Å². The molecule has 2 unspecified atom stereocenters. The second-order valence-corrected chi connectivity index (χ2v) is 31.1. The first-order chi connectivity index (χ1) is 35.7. The van der Waals surface area contributed by atoms with E-state index >= 15 is 0 Å². The molecule has 0 aromatic heterocycles. The van der Waals surface area contributed by atoms with Gasteiger partial charge in [-0.25, -0.2) is 9.59 Å². The van der Waals surface area contributed by atoms with Gasteiger partial charge in [0.1, 0.15) is 32.0 Å². The van der Waals surface area contributed by atoms with Gasteiger partial charge in [-0.2, -0.15) is 0 Å². The Kier molecular flexibility index (Phi) is 19.2. The van der Waals surface area contributed by atoms with Crippen LogP contribution >= 0.6 is 7.82 Å². The zero-order chi connectivity index (χ0) is 55.0. The lowest BCUT2D eigenvalue weighted by Crippen LogP contribution is -2.51. The van der Waals surface area contributed by atoms with Gasteiger partial charge < -0.3 is 37.4 Å². The summed E-state index contributed by atoms with van der Waals surface area (Å²) in [4.78, 5) is 40.1. The molecule has 0 aromatic carbocycles. The van der Waals surface area contributed by atoms with Crippen LogP contribution in [0.25, 0.3) is 0 Å². The first-order valence-electron chi connectivity index (χ1n) is 31.2. The van der Waals surface area contributed by atoms with Gasteiger partial charge in [-0.05, 0) is 183 Å². The fourth-order valence-electron chi connectivity index (χ4n) is 18.9. The van der Waals surface area contributed by atoms with E-state index in [1.165, 1.54) is 101 Å². The molecule has 0 saturated heterocycles. The van der Waals surface area contributed by atoms with Gasteiger partial charge in [-0.15, -0.1) is 0 Å². The lowest BCUT2D eigenvalue weighted by atomic mass is 9.47. The van der Waals surface area contributed by atoms with E-state index in [4.69, 9.17) is 28.0 Å². The number of carbonyl (C=O) groups is 2. The van der Waals surface area contributed by atoms with Gasteiger partial charge >= 0.3 is 12.3 Å². The molecule has 76 heavy (non-hydrogen) atoms. The highest BCUT2D eigenvalue weighted by molar-refractivity contribution is 7.45. The van der Waals surface area contributed by atoms with E-state index in [0.29, 0.717) is 58.4 Å². The molecular weight excluding hydrogens is 974 g/mol. The van der Waals surface area contributed by atoms with Crippen LogP contribution in [-0.2, 0) is 32.6 Å². The van der Waals surface area contributed by atoms with E-state index in [0.717, 1.165) is 85.9 Å². The summed E-state index contributed by atoms with van der Waals surface area (Å²) >= 11 is 0. The van der Waals surface area contributed by atoms with Gasteiger partial charge in [-0.3, -0.25) is 4.57 Å². The highest BCUT2D eigenvalue weighted by Gasteiger charge is 2.61. The van der Waals surface area contributed by atoms with Crippen molar-refractivity contribution in [1.82, 2.24) is 0 Å². The Hall–Kier alpha value is -1.91. The number of phosphoric ester groups is 1. The highest BCUT2D eigenvalue weighted by Crippen LogP contribution is 2.69. The van der Waals surface area contributed by atoms with Crippen LogP contribution < -0.4 is 4.89 Å². The molecule has 0 bridgehead atoms. The third-order valence-electron chi connectivity index (χ3n) is 23.1. The van der Waals surface area contributed by atoms with Crippen molar-refractivity contribution in [2.75, 3.05) is 47.5 Å². The molecule has 8 aliphatic carbocycles. The molecule has 434 valence electrons. The number of nitrogens with zero attached hydrogens (tertiary/aromatic N) is 1. The molecule has 0 amide bonds. The highest BCUT2D eigenvalue weighted by atomic mass is 31.2. The Labute approximate surface area is 462 Å². The topological polar surface area (TPSA) is 130 Å². The molecule has 0 spiro atoms. The molecule has 8 rings (SSSR count). The number of phosphoric acid groups is 1. The predicted octanol–water partition coefficient (Wildman–Crippen LogP) is 15.7. The number of ether oxygens (including phenoxy) is 4. The predicted molar refractivity (Wildman–Crippen MR) is 300 cm³/mol. The minimum absolute atomic E-state index is 0.0758. The number of carbonyl (C=O) groups excluding carboxylic acids is 2. The molecule has 11 nitrogen and oxygen atoms in total. The molecule has 6 saturated carbocycles. The van der Waals surface area contributed by atoms with Crippen molar-refractivity contribution in [2.45, 2.75) is 229 Å². The summed E-state index contributed by atoms with van der Waals surface area (Å²) in [5.41, 5.74) is 3.84. The van der Waals surface area contributed by atoms with Gasteiger partial charge in [-0.1, -0.05) is 131 Å². The van der Waals surface area contributed by atoms with Crippen molar-refractivity contribution in [2.24, 2.45) is 92.7 Å². The normalized spacial score (nSPS) is 38.9. The van der Waals surface area contributed by atoms with E-state index in [1.54, 1.807) is 0 Å². The van der Waals surface area contributed by atoms with Crippen molar-refractivity contribution in [3.8, 4) is 0 Å². The Bertz CT molecular complexity index is 2100. The van der Waals surface area contributed by atoms with Crippen LogP contribution in [0.15, 0.2) is 23.3 Å². The maximum Gasteiger partial charge on any atom is 0.509 e. The SMILES string of the molecule is CC(C)CCC[C@@H](C)[C@H]1CC[C@H]2[C@@H]3CC=C4C[C@@H](OC(=O)OCC(COP(=O)([O-])OCC[N+](C)(C)C)OC(=O)O[C@H]5CC[C@@]6(C)C(=CC[C@H]7[C@@H]8CC[C@H]([C@H](C)CCCC(C)C)[C@@]8(C)CC[C@@H]76)C5)CC[C@]4(C)[C@H]3CC[C@]12C. The zero-order valence-corrected chi connectivity index (χ0v) is 51.1. The standard InChI is InChI=1S/C64H108NO10P/c1-42(2)16-14-18-44(5)53-24-26-55-51-22-20-46-38-48(28-32-61(46,7)57(51)30-34-63(53,55)9)73-59(66)70-40-50(41-72-76(68,69)71-37-36-65(11,12)13)75-60(67)74-49-29-33-62(8)47(39-49)21-23-52-56-27-25-54(45(6)19-15-17-43(3)4)64(56,10)35-31-58(52)62/h20-21,42-45,48-58H,14-19,22-41H2,1-13H3/t44-,45-,48+,49+,50?,51+,52+,53-,54-,55+,56+,57+,58+,61+,62+,63-,64-/m1/s1. The summed E-state index contributed by atoms with van der Waals surface area (Å²) in [6.07, 6.45) is 26.8. The molecular formula is C64H108NO10P. The average molecular weight is 1080 g/mol. The molecule has 0 radical (unpaired) electrons. The van der Waals surface area contributed by atoms with Crippen molar-refractivity contribution < 1.29 is 51.5 Å². The molecule has 18 atom stereocenters. The van der Waals surface area contributed by atoms with Crippen molar-refractivity contribution >= 4 is 20.1 Å². The smallest absolute Gasteiger partial charge is 0.509 e. The number of allylic oxidation sites excluding steroid dienone is 2. The molecule has 6 fully saturated rings. The Morgan fingerprint density at radius 2 is 1.09 bits per heavy atom. The molecule has 0 heterocycles. The van der Waals surface area contributed by atoms with Gasteiger partial charge in [0.2, 0.25) is 0 Å². The van der Waals surface area contributed by atoms with Crippen LogP contribution in [0.4, 0.5) is 9.59 Å². The summed E-state index contributed by atoms with van der Waals surface area (Å²) in [6, 6.07) is 0. The number of rotatable bonds is 22. The fraction of sp³-hybridized carbons (Fsp3) is 0.906. The monoisotopic (exact) mass is 1080 g/mol. The molecule has 0 aromatic rings. The quantitative estimate of drug-likeness (QED) is 0.0447. The van der Waals surface area contributed by atoms with Crippen LogP contribution in [0.1, 0.15) is 210 Å². The first kappa shape index (κ1) is 60.2. The average Bonchev–Trinajstić information content (AvgIpc) is 3.98. The van der Waals surface area contributed by atoms with E-state index in [9.17, 15) is 19.0 Å². The lowest BCUT2D eigenvalue weighted by molar-refractivity contribution is -0.870. The van der Waals surface area contributed by atoms with Gasteiger partial charge in [0.15, 0.2) is 6.10 Å². The largest absolute Gasteiger partial charge is 0.756 e. The summed E-state index contributed by atoms with van der Waals surface area (Å²) in [7, 11) is 1.02. The fourth-order valence-corrected chi connectivity index (χ4v) is 19.6. The number of hydrogen-bond donors (Lipinski definition) is 0. The maximum absolute atomic E-state index is 13.7. The van der Waals surface area contributed by atoms with E-state index in [2.05, 4.69) is 81.4 Å². The molecule has 0 N–H and O–H groups in total. The lowest BCUT2D eigenvalue weighted by Gasteiger charge is -2.58. The first-order valence-corrected chi connectivity index (χ1v) is 32.7. The Balaban J connectivity index is 0.848. The molecule has 8 aliphatic rings. The number of fused-ring (bicyclic) bond motifs is 10. The minimum atomic E-state index is -4.78. The number of quaternary nitrogens is 1. The van der Waals surface area contributed by atoms with Gasteiger partial charge in [0.25, 0.3) is 7.82 Å². The third kappa shape index (κ3) is 13.4. The van der Waals surface area contributed by atoms with Crippen molar-refractivity contribution in [3.63, 3.8) is 0 Å². The van der Waals surface area contributed by atoms with Crippen LogP contribution in [0.2, 0.25) is 0 Å². The summed E-state index contributed by atoms with van der Waals surface area (Å²) in [6.45, 7) is 24.0. The second kappa shape index (κ2) is 24.3. The van der Waals surface area contributed by atoms with Crippen LogP contribution in [0.3, 0.4) is 0 Å². The summed E-state index contributed by atoms with van der Waals surface area (Å²) < 4.78 is 47.3. The van der Waals surface area contributed by atoms with E-state index < -0.39 is 39.5 Å². The minimum Gasteiger partial charge on any atom is -0.756 e. The second-order valence-electron chi connectivity index (χ2n) is 29.7.